The van der Waals surface area contributed by atoms with Crippen molar-refractivity contribution in [3.8, 4) is 0 Å². The Hall–Kier alpha value is -2.97. The molecule has 5 rings (SSSR count). The van der Waals surface area contributed by atoms with Gasteiger partial charge in [0.25, 0.3) is 0 Å². The van der Waals surface area contributed by atoms with Crippen molar-refractivity contribution >= 4 is 21.4 Å². The number of nitrogens with zero attached hydrogens (tertiary/aromatic N) is 1. The SMILES string of the molecule is CN1c2ccccc2S(c2ccccc2)(c2ccccc2)c2ccccc21. The van der Waals surface area contributed by atoms with Crippen LogP contribution in [0, 0.1) is 0 Å². The highest BCUT2D eigenvalue weighted by molar-refractivity contribution is 8.34. The van der Waals surface area contributed by atoms with Gasteiger partial charge in [0.2, 0.25) is 0 Å². The van der Waals surface area contributed by atoms with Gasteiger partial charge >= 0.3 is 0 Å². The van der Waals surface area contributed by atoms with Crippen LogP contribution in [0.2, 0.25) is 0 Å². The molecule has 0 atom stereocenters. The molecular formula is C25H21NS. The molecule has 0 N–H and O–H groups in total. The van der Waals surface area contributed by atoms with Crippen molar-refractivity contribution in [1.82, 2.24) is 0 Å². The summed E-state index contributed by atoms with van der Waals surface area (Å²) in [6.07, 6.45) is 0. The largest absolute Gasteiger partial charge is 0.343 e. The second kappa shape index (κ2) is 6.33. The lowest BCUT2D eigenvalue weighted by atomic mass is 10.2. The summed E-state index contributed by atoms with van der Waals surface area (Å²) in [5, 5.41) is 0. The van der Waals surface area contributed by atoms with Crippen molar-refractivity contribution in [1.29, 1.82) is 0 Å². The lowest BCUT2D eigenvalue weighted by molar-refractivity contribution is 1.08. The van der Waals surface area contributed by atoms with Crippen molar-refractivity contribution in [2.75, 3.05) is 11.9 Å². The molecule has 0 aromatic heterocycles. The van der Waals surface area contributed by atoms with Crippen LogP contribution in [0.5, 0.6) is 0 Å². The molecule has 0 bridgehead atoms. The van der Waals surface area contributed by atoms with Crippen LogP contribution in [0.15, 0.2) is 129 Å². The van der Waals surface area contributed by atoms with E-state index in [4.69, 9.17) is 0 Å². The maximum atomic E-state index is 2.34. The highest BCUT2D eigenvalue weighted by Crippen LogP contribution is 2.78. The quantitative estimate of drug-likeness (QED) is 0.365. The molecule has 0 radical (unpaired) electrons. The highest BCUT2D eigenvalue weighted by atomic mass is 32.3. The topological polar surface area (TPSA) is 3.24 Å². The van der Waals surface area contributed by atoms with Crippen LogP contribution in [-0.4, -0.2) is 7.05 Å². The third-order valence-corrected chi connectivity index (χ3v) is 9.27. The normalized spacial score (nSPS) is 15.5. The summed E-state index contributed by atoms with van der Waals surface area (Å²) in [6.45, 7) is 0. The number of rotatable bonds is 2. The maximum absolute atomic E-state index is 2.34. The van der Waals surface area contributed by atoms with E-state index in [-0.39, 0.29) is 0 Å². The van der Waals surface area contributed by atoms with E-state index in [0.717, 1.165) is 0 Å². The first kappa shape index (κ1) is 16.2. The molecule has 2 heteroatoms. The summed E-state index contributed by atoms with van der Waals surface area (Å²) < 4.78 is 0. The van der Waals surface area contributed by atoms with Crippen LogP contribution in [0.3, 0.4) is 0 Å². The molecule has 27 heavy (non-hydrogen) atoms. The van der Waals surface area contributed by atoms with Crippen molar-refractivity contribution in [2.45, 2.75) is 19.6 Å². The van der Waals surface area contributed by atoms with E-state index in [2.05, 4.69) is 121 Å². The van der Waals surface area contributed by atoms with Gasteiger partial charge in [-0.2, -0.15) is 0 Å². The molecule has 0 spiro atoms. The van der Waals surface area contributed by atoms with Gasteiger partial charge in [0.15, 0.2) is 0 Å². The van der Waals surface area contributed by atoms with Gasteiger partial charge in [-0.25, -0.2) is 0 Å². The Bertz CT molecular complexity index is 1000. The molecule has 1 aliphatic rings. The number of para-hydroxylation sites is 2. The number of anilines is 2. The van der Waals surface area contributed by atoms with Gasteiger partial charge in [-0.15, -0.1) is 10.0 Å². The summed E-state index contributed by atoms with van der Waals surface area (Å²) >= 11 is 0. The Kier molecular flexibility index (Phi) is 3.80. The average molecular weight is 368 g/mol. The predicted octanol–water partition coefficient (Wildman–Crippen LogP) is 7.11. The van der Waals surface area contributed by atoms with Crippen molar-refractivity contribution in [2.24, 2.45) is 0 Å². The number of fused-ring (bicyclic) bond motifs is 2. The van der Waals surface area contributed by atoms with Gasteiger partial charge in [0, 0.05) is 26.6 Å². The Balaban J connectivity index is 1.99. The minimum Gasteiger partial charge on any atom is -0.343 e. The molecular weight excluding hydrogens is 346 g/mol. The first-order chi connectivity index (χ1) is 13.3. The van der Waals surface area contributed by atoms with Crippen molar-refractivity contribution in [3.63, 3.8) is 0 Å². The van der Waals surface area contributed by atoms with E-state index in [9.17, 15) is 0 Å². The fraction of sp³-hybridized carbons (Fsp3) is 0.0400. The standard InChI is InChI=1S/C25H21NS/c1-26-22-16-8-10-18-24(22)27(20-12-4-2-5-13-20,21-14-6-3-7-15-21)25-19-11-9-17-23(25)26/h2-19H,1H3. The van der Waals surface area contributed by atoms with Gasteiger partial charge in [-0.3, -0.25) is 0 Å². The van der Waals surface area contributed by atoms with Crippen molar-refractivity contribution < 1.29 is 0 Å². The zero-order chi connectivity index (χ0) is 18.3. The van der Waals surface area contributed by atoms with Crippen LogP contribution >= 0.6 is 10.0 Å². The van der Waals surface area contributed by atoms with E-state index < -0.39 is 10.0 Å². The minimum absolute atomic E-state index is 1.29. The third kappa shape index (κ3) is 2.27. The molecule has 1 heterocycles. The van der Waals surface area contributed by atoms with Crippen LogP contribution in [0.25, 0.3) is 0 Å². The maximum Gasteiger partial charge on any atom is 0.0541 e. The van der Waals surface area contributed by atoms with Crippen LogP contribution in [-0.2, 0) is 0 Å². The molecule has 1 aliphatic heterocycles. The summed E-state index contributed by atoms with van der Waals surface area (Å²) in [7, 11) is 0.629. The lowest BCUT2D eigenvalue weighted by Gasteiger charge is -2.49. The highest BCUT2D eigenvalue weighted by Gasteiger charge is 2.40. The Morgan fingerprint density at radius 2 is 0.852 bits per heavy atom. The number of hydrogen-bond donors (Lipinski definition) is 0. The van der Waals surface area contributed by atoms with Crippen LogP contribution in [0.1, 0.15) is 0 Å². The molecule has 132 valence electrons. The smallest absolute Gasteiger partial charge is 0.0541 e. The Labute approximate surface area is 162 Å². The second-order valence-electron chi connectivity index (χ2n) is 6.73. The summed E-state index contributed by atoms with van der Waals surface area (Å²) in [5.41, 5.74) is 2.58. The van der Waals surface area contributed by atoms with Gasteiger partial charge in [0.05, 0.1) is 11.4 Å². The summed E-state index contributed by atoms with van der Waals surface area (Å²) in [6, 6.07) is 39.8. The van der Waals surface area contributed by atoms with Gasteiger partial charge in [0.1, 0.15) is 0 Å². The third-order valence-electron chi connectivity index (χ3n) is 5.31. The number of benzene rings is 4. The number of hydrogen-bond acceptors (Lipinski definition) is 1. The first-order valence-corrected chi connectivity index (χ1v) is 10.8. The lowest BCUT2D eigenvalue weighted by Crippen LogP contribution is -2.21. The zero-order valence-corrected chi connectivity index (χ0v) is 16.1. The van der Waals surface area contributed by atoms with Crippen LogP contribution in [0.4, 0.5) is 11.4 Å². The second-order valence-corrected chi connectivity index (χ2v) is 9.78. The average Bonchev–Trinajstić information content (AvgIpc) is 2.76. The molecule has 0 fully saturated rings. The summed E-state index contributed by atoms with van der Waals surface area (Å²) in [4.78, 5) is 7.91. The van der Waals surface area contributed by atoms with Crippen LogP contribution < -0.4 is 4.90 Å². The molecule has 0 amide bonds. The minimum atomic E-state index is -1.55. The van der Waals surface area contributed by atoms with Gasteiger partial charge < -0.3 is 4.90 Å². The molecule has 4 aromatic carbocycles. The first-order valence-electron chi connectivity index (χ1n) is 9.19. The zero-order valence-electron chi connectivity index (χ0n) is 15.2. The molecule has 4 aromatic rings. The Morgan fingerprint density at radius 1 is 0.481 bits per heavy atom. The molecule has 0 saturated carbocycles. The summed E-state index contributed by atoms with van der Waals surface area (Å²) in [5.74, 6) is 0. The van der Waals surface area contributed by atoms with Crippen molar-refractivity contribution in [3.05, 3.63) is 109 Å². The molecule has 0 aliphatic carbocycles. The van der Waals surface area contributed by atoms with E-state index in [1.807, 2.05) is 0 Å². The van der Waals surface area contributed by atoms with E-state index in [0.29, 0.717) is 0 Å². The van der Waals surface area contributed by atoms with E-state index >= 15 is 0 Å². The van der Waals surface area contributed by atoms with E-state index in [1.54, 1.807) is 0 Å². The predicted molar refractivity (Wildman–Crippen MR) is 114 cm³/mol. The molecule has 1 nitrogen and oxygen atoms in total. The fourth-order valence-electron chi connectivity index (χ4n) is 4.13. The molecule has 0 unspecified atom stereocenters. The van der Waals surface area contributed by atoms with Gasteiger partial charge in [-0.05, 0) is 48.5 Å². The van der Waals surface area contributed by atoms with Gasteiger partial charge in [-0.1, -0.05) is 60.7 Å². The molecule has 0 saturated heterocycles. The fourth-order valence-corrected chi connectivity index (χ4v) is 8.39. The Morgan fingerprint density at radius 3 is 1.30 bits per heavy atom. The van der Waals surface area contributed by atoms with E-state index in [1.165, 1.54) is 31.0 Å². The monoisotopic (exact) mass is 367 g/mol.